The van der Waals surface area contributed by atoms with Crippen LogP contribution in [0.1, 0.15) is 0 Å². The summed E-state index contributed by atoms with van der Waals surface area (Å²) < 4.78 is 0. The van der Waals surface area contributed by atoms with Crippen LogP contribution < -0.4 is 12.4 Å². The number of rotatable bonds is 0. The summed E-state index contributed by atoms with van der Waals surface area (Å²) in [5.74, 6) is 0. The summed E-state index contributed by atoms with van der Waals surface area (Å²) in [6.45, 7) is 0. The van der Waals surface area contributed by atoms with E-state index in [4.69, 9.17) is 0 Å². The molecular weight excluding hydrogens is 91.8 g/mol. The molecule has 0 aromatic rings. The van der Waals surface area contributed by atoms with Crippen molar-refractivity contribution < 1.29 is 23.4 Å². The van der Waals surface area contributed by atoms with Crippen LogP contribution in [0.3, 0.4) is 0 Å². The summed E-state index contributed by atoms with van der Waals surface area (Å²) in [4.78, 5) is 0. The van der Waals surface area contributed by atoms with Crippen LogP contribution in [-0.4, -0.2) is 34.0 Å². The molecule has 0 aliphatic rings. The van der Waals surface area contributed by atoms with Crippen molar-refractivity contribution in [3.8, 4) is 0 Å². The molecule has 0 aliphatic carbocycles. The Hall–Kier alpha value is 0.976. The largest absolute Gasteiger partial charge is 2.00 e. The average molecular weight is 94.8 g/mol. The first kappa shape index (κ1) is 82.6. The Kier molecular flexibility index (Phi) is 763. The molecule has 0 spiro atoms. The molecule has 0 atom stereocenters. The Morgan fingerprint density at radius 2 is 1.00 bits per heavy atom. The smallest absolute Gasteiger partial charge is 1.00 e. The molecule has 0 saturated carbocycles. The van der Waals surface area contributed by atoms with Crippen LogP contribution in [0.5, 0.6) is 0 Å². The predicted molar refractivity (Wildman–Crippen MR) is 11.3 cm³/mol. The van der Waals surface area contributed by atoms with Crippen molar-refractivity contribution >= 4 is 23.1 Å². The van der Waals surface area contributed by atoms with Gasteiger partial charge in [-0.25, -0.2) is 0 Å². The normalized spacial score (nSPS) is 0. The molecule has 0 heterocycles. The second kappa shape index (κ2) is 37.0. The molecule has 0 bridgehead atoms. The molecule has 0 fully saturated rings. The minimum atomic E-state index is 0. The molecule has 0 aliphatic heterocycles. The molecule has 0 saturated heterocycles. The molecule has 0 amide bonds. The molecular formula is H3ClMgO2. The van der Waals surface area contributed by atoms with E-state index in [-0.39, 0.29) is 46.4 Å². The maximum absolute atomic E-state index is 0. The van der Waals surface area contributed by atoms with Crippen molar-refractivity contribution in [2.24, 2.45) is 0 Å². The maximum Gasteiger partial charge on any atom is 2.00 e. The van der Waals surface area contributed by atoms with E-state index in [1.165, 1.54) is 0 Å². The second-order valence-corrected chi connectivity index (χ2v) is 0. The summed E-state index contributed by atoms with van der Waals surface area (Å²) in [6.07, 6.45) is 0. The van der Waals surface area contributed by atoms with Crippen LogP contribution >= 0.6 is 0 Å². The fourth-order valence-corrected chi connectivity index (χ4v) is 0. The number of hydrogen-bond donors (Lipinski definition) is 0. The van der Waals surface area contributed by atoms with Gasteiger partial charge in [0.15, 0.2) is 0 Å². The Balaban J connectivity index is 0. The minimum absolute atomic E-state index is 0. The summed E-state index contributed by atoms with van der Waals surface area (Å²) in [5, 5.41) is 0. The van der Waals surface area contributed by atoms with Gasteiger partial charge in [-0.2, -0.15) is 0 Å². The van der Waals surface area contributed by atoms with Gasteiger partial charge in [-0.15, -0.1) is 0 Å². The first-order valence-corrected chi connectivity index (χ1v) is 0. The van der Waals surface area contributed by atoms with Crippen LogP contribution in [-0.2, 0) is 0 Å². The van der Waals surface area contributed by atoms with E-state index < -0.39 is 0 Å². The van der Waals surface area contributed by atoms with Crippen molar-refractivity contribution in [3.63, 3.8) is 0 Å². The van der Waals surface area contributed by atoms with Gasteiger partial charge in [0.05, 0.1) is 0 Å². The molecule has 0 aromatic carbocycles. The summed E-state index contributed by atoms with van der Waals surface area (Å²) in [6, 6.07) is 0. The molecule has 24 valence electrons. The van der Waals surface area contributed by atoms with Gasteiger partial charge in [0.2, 0.25) is 0 Å². The van der Waals surface area contributed by atoms with Crippen LogP contribution in [0.15, 0.2) is 0 Å². The SMILES string of the molecule is O.[Cl-].[Mg+2].[OH-]. The maximum atomic E-state index is 0. The van der Waals surface area contributed by atoms with Gasteiger partial charge >= 0.3 is 23.1 Å². The zero-order valence-corrected chi connectivity index (χ0v) is 4.20. The third-order valence-corrected chi connectivity index (χ3v) is 0. The van der Waals surface area contributed by atoms with E-state index in [0.717, 1.165) is 0 Å². The molecule has 4 heteroatoms. The van der Waals surface area contributed by atoms with Gasteiger partial charge in [0.1, 0.15) is 0 Å². The van der Waals surface area contributed by atoms with Crippen LogP contribution in [0.2, 0.25) is 0 Å². The van der Waals surface area contributed by atoms with E-state index in [9.17, 15) is 0 Å². The zero-order chi connectivity index (χ0) is 0. The Labute approximate surface area is 46.8 Å². The Morgan fingerprint density at radius 1 is 1.00 bits per heavy atom. The Morgan fingerprint density at radius 3 is 1.00 bits per heavy atom. The average Bonchev–Trinajstić information content (AvgIpc) is 0. The Bertz CT molecular complexity index is 6.00. The molecule has 0 radical (unpaired) electrons. The summed E-state index contributed by atoms with van der Waals surface area (Å²) in [7, 11) is 0. The molecule has 3 N–H and O–H groups in total. The minimum Gasteiger partial charge on any atom is -1.00 e. The summed E-state index contributed by atoms with van der Waals surface area (Å²) in [5.41, 5.74) is 0. The first-order valence-electron chi connectivity index (χ1n) is 0. The van der Waals surface area contributed by atoms with Crippen LogP contribution in [0.25, 0.3) is 0 Å². The topological polar surface area (TPSA) is 61.5 Å². The van der Waals surface area contributed by atoms with Crippen molar-refractivity contribution in [3.05, 3.63) is 0 Å². The van der Waals surface area contributed by atoms with Gasteiger partial charge in [0, 0.05) is 0 Å². The molecule has 2 nitrogen and oxygen atoms in total. The number of halogens is 1. The number of hydrogen-bond acceptors (Lipinski definition) is 1. The molecule has 0 aromatic heterocycles. The van der Waals surface area contributed by atoms with Gasteiger partial charge in [0.25, 0.3) is 0 Å². The standard InChI is InChI=1S/ClH.Mg.2H2O/h1H;;2*1H2/q;+2;;/p-2. The van der Waals surface area contributed by atoms with Gasteiger partial charge in [-0.05, 0) is 0 Å². The van der Waals surface area contributed by atoms with E-state index in [1.54, 1.807) is 0 Å². The van der Waals surface area contributed by atoms with Crippen molar-refractivity contribution in [1.82, 2.24) is 0 Å². The molecule has 0 unspecified atom stereocenters. The van der Waals surface area contributed by atoms with E-state index in [1.807, 2.05) is 0 Å². The second-order valence-electron chi connectivity index (χ2n) is 0. The van der Waals surface area contributed by atoms with E-state index in [0.29, 0.717) is 0 Å². The van der Waals surface area contributed by atoms with Crippen LogP contribution in [0.4, 0.5) is 0 Å². The summed E-state index contributed by atoms with van der Waals surface area (Å²) >= 11 is 0. The monoisotopic (exact) mass is 94.0 g/mol. The van der Waals surface area contributed by atoms with Gasteiger partial charge in [-0.1, -0.05) is 0 Å². The van der Waals surface area contributed by atoms with Crippen molar-refractivity contribution in [2.45, 2.75) is 0 Å². The fourth-order valence-electron chi connectivity index (χ4n) is 0. The quantitative estimate of drug-likeness (QED) is 0.280. The van der Waals surface area contributed by atoms with Crippen LogP contribution in [0, 0.1) is 0 Å². The van der Waals surface area contributed by atoms with E-state index in [2.05, 4.69) is 0 Å². The van der Waals surface area contributed by atoms with Crippen molar-refractivity contribution in [2.75, 3.05) is 0 Å². The molecule has 4 heavy (non-hydrogen) atoms. The predicted octanol–water partition coefficient (Wildman–Crippen LogP) is -4.38. The fraction of sp³-hybridized carbons (Fsp3) is 0. The molecule has 0 rings (SSSR count). The van der Waals surface area contributed by atoms with E-state index >= 15 is 0 Å². The zero-order valence-electron chi connectivity index (χ0n) is 2.03. The third-order valence-electron chi connectivity index (χ3n) is 0. The third kappa shape index (κ3) is 12.2. The van der Waals surface area contributed by atoms with Crippen molar-refractivity contribution in [1.29, 1.82) is 0 Å². The van der Waals surface area contributed by atoms with Gasteiger partial charge < -0.3 is 23.4 Å². The first-order chi connectivity index (χ1) is 0. The van der Waals surface area contributed by atoms with Gasteiger partial charge in [-0.3, -0.25) is 0 Å².